The quantitative estimate of drug-likeness (QED) is 0.546. The number of hydrogen-bond donors (Lipinski definition) is 2. The molecule has 1 heterocycles. The summed E-state index contributed by atoms with van der Waals surface area (Å²) in [4.78, 5) is 22.5. The van der Waals surface area contributed by atoms with Crippen LogP contribution < -0.4 is 10.6 Å². The molecule has 9 heteroatoms. The first kappa shape index (κ1) is 18.2. The molecule has 0 aliphatic carbocycles. The number of aromatic nitrogens is 2. The van der Waals surface area contributed by atoms with Crippen LogP contribution in [0.1, 0.15) is 12.5 Å². The maximum atomic E-state index is 11.6. The van der Waals surface area contributed by atoms with E-state index in [0.717, 1.165) is 12.1 Å². The van der Waals surface area contributed by atoms with E-state index < -0.39 is 5.97 Å². The molecule has 0 radical (unpaired) electrons. The lowest BCUT2D eigenvalue weighted by Gasteiger charge is -2.03. The molecule has 1 amide bonds. The van der Waals surface area contributed by atoms with Crippen molar-refractivity contribution in [1.29, 1.82) is 0 Å². The molecule has 0 bridgehead atoms. The zero-order chi connectivity index (χ0) is 17.4. The number of hydrogen-bond acceptors (Lipinski definition) is 8. The Labute approximate surface area is 148 Å². The number of esters is 1. The standard InChI is InChI=1S/C15H18N4O3S2/c1-3-10-4-6-11(7-5-10)17-14-18-19-15(24-14)23-9-12(20)16-8-13(21)22-2/h4-7H,3,8-9H2,1-2H3,(H,16,20)(H,17,18). The van der Waals surface area contributed by atoms with Gasteiger partial charge in [-0.2, -0.15) is 0 Å². The van der Waals surface area contributed by atoms with E-state index in [1.54, 1.807) is 0 Å². The topological polar surface area (TPSA) is 93.2 Å². The minimum Gasteiger partial charge on any atom is -0.468 e. The number of rotatable bonds is 8. The van der Waals surface area contributed by atoms with Crippen LogP contribution in [-0.4, -0.2) is 41.5 Å². The fraction of sp³-hybridized carbons (Fsp3) is 0.333. The number of anilines is 2. The van der Waals surface area contributed by atoms with Gasteiger partial charge >= 0.3 is 5.97 Å². The average Bonchev–Trinajstić information content (AvgIpc) is 3.05. The highest BCUT2D eigenvalue weighted by Crippen LogP contribution is 2.27. The van der Waals surface area contributed by atoms with E-state index >= 15 is 0 Å². The lowest BCUT2D eigenvalue weighted by Crippen LogP contribution is -2.31. The number of nitrogens with one attached hydrogen (secondary N) is 2. The van der Waals surface area contributed by atoms with Crippen LogP contribution in [0, 0.1) is 0 Å². The number of ether oxygens (including phenoxy) is 1. The molecule has 24 heavy (non-hydrogen) atoms. The largest absolute Gasteiger partial charge is 0.468 e. The zero-order valence-electron chi connectivity index (χ0n) is 13.4. The molecule has 2 rings (SSSR count). The van der Waals surface area contributed by atoms with Crippen LogP contribution in [0.4, 0.5) is 10.8 Å². The molecular weight excluding hydrogens is 348 g/mol. The van der Waals surface area contributed by atoms with Crippen molar-refractivity contribution in [3.8, 4) is 0 Å². The van der Waals surface area contributed by atoms with Gasteiger partial charge < -0.3 is 15.4 Å². The zero-order valence-corrected chi connectivity index (χ0v) is 15.0. The van der Waals surface area contributed by atoms with Crippen molar-refractivity contribution in [3.05, 3.63) is 29.8 Å². The first-order valence-electron chi connectivity index (χ1n) is 7.26. The van der Waals surface area contributed by atoms with Gasteiger partial charge in [0, 0.05) is 5.69 Å². The molecule has 0 saturated heterocycles. The average molecular weight is 366 g/mol. The third-order valence-electron chi connectivity index (χ3n) is 3.00. The summed E-state index contributed by atoms with van der Waals surface area (Å²) in [5, 5.41) is 14.4. The van der Waals surface area contributed by atoms with E-state index in [2.05, 4.69) is 44.6 Å². The van der Waals surface area contributed by atoms with Crippen LogP contribution in [0.25, 0.3) is 0 Å². The van der Waals surface area contributed by atoms with Gasteiger partial charge in [0.1, 0.15) is 6.54 Å². The molecule has 0 fully saturated rings. The third-order valence-corrected chi connectivity index (χ3v) is 4.98. The van der Waals surface area contributed by atoms with Gasteiger partial charge in [-0.15, -0.1) is 10.2 Å². The SMILES string of the molecule is CCc1ccc(Nc2nnc(SCC(=O)NCC(=O)OC)s2)cc1. The van der Waals surface area contributed by atoms with E-state index in [9.17, 15) is 9.59 Å². The number of carbonyl (C=O) groups is 2. The van der Waals surface area contributed by atoms with Crippen molar-refractivity contribution in [3.63, 3.8) is 0 Å². The van der Waals surface area contributed by atoms with Crippen molar-refractivity contribution < 1.29 is 14.3 Å². The molecule has 0 saturated carbocycles. The molecule has 0 unspecified atom stereocenters. The number of benzene rings is 1. The van der Waals surface area contributed by atoms with Crippen molar-refractivity contribution in [2.45, 2.75) is 17.7 Å². The highest BCUT2D eigenvalue weighted by atomic mass is 32.2. The number of thioether (sulfide) groups is 1. The Morgan fingerprint density at radius 2 is 2.00 bits per heavy atom. The number of aryl methyl sites for hydroxylation is 1. The third kappa shape index (κ3) is 5.82. The minimum absolute atomic E-state index is 0.132. The van der Waals surface area contributed by atoms with Crippen LogP contribution in [-0.2, 0) is 20.7 Å². The fourth-order valence-corrected chi connectivity index (χ4v) is 3.29. The molecule has 0 spiro atoms. The van der Waals surface area contributed by atoms with Gasteiger partial charge in [-0.05, 0) is 24.1 Å². The lowest BCUT2D eigenvalue weighted by atomic mass is 10.1. The van der Waals surface area contributed by atoms with E-state index in [-0.39, 0.29) is 18.2 Å². The summed E-state index contributed by atoms with van der Waals surface area (Å²) in [5.74, 6) is -0.577. The van der Waals surface area contributed by atoms with E-state index in [1.165, 1.54) is 35.8 Å². The fourth-order valence-electron chi connectivity index (χ4n) is 1.69. The number of nitrogens with zero attached hydrogens (tertiary/aromatic N) is 2. The summed E-state index contributed by atoms with van der Waals surface area (Å²) >= 11 is 2.63. The molecule has 1 aromatic heterocycles. The minimum atomic E-state index is -0.482. The van der Waals surface area contributed by atoms with Gasteiger partial charge in [0.15, 0.2) is 4.34 Å². The van der Waals surface area contributed by atoms with Gasteiger partial charge in [-0.25, -0.2) is 0 Å². The summed E-state index contributed by atoms with van der Waals surface area (Å²) in [6.07, 6.45) is 0.998. The van der Waals surface area contributed by atoms with Gasteiger partial charge in [0.2, 0.25) is 11.0 Å². The molecule has 7 nitrogen and oxygen atoms in total. The van der Waals surface area contributed by atoms with E-state index in [0.29, 0.717) is 9.47 Å². The lowest BCUT2D eigenvalue weighted by molar-refractivity contribution is -0.140. The molecular formula is C15H18N4O3S2. The van der Waals surface area contributed by atoms with E-state index in [1.807, 2.05) is 12.1 Å². The highest BCUT2D eigenvalue weighted by molar-refractivity contribution is 8.01. The molecule has 128 valence electrons. The second-order valence-corrected chi connectivity index (χ2v) is 6.89. The predicted molar refractivity (Wildman–Crippen MR) is 94.8 cm³/mol. The molecule has 0 atom stereocenters. The van der Waals surface area contributed by atoms with Gasteiger partial charge in [-0.3, -0.25) is 9.59 Å². The molecule has 2 N–H and O–H groups in total. The second-order valence-electron chi connectivity index (χ2n) is 4.69. The number of methoxy groups -OCH3 is 1. The predicted octanol–water partition coefficient (Wildman–Crippen LogP) is 2.23. The Morgan fingerprint density at radius 3 is 2.67 bits per heavy atom. The Morgan fingerprint density at radius 1 is 1.25 bits per heavy atom. The van der Waals surface area contributed by atoms with Crippen molar-refractivity contribution >= 4 is 45.8 Å². The molecule has 2 aromatic rings. The van der Waals surface area contributed by atoms with Crippen molar-refractivity contribution in [2.75, 3.05) is 24.7 Å². The number of amides is 1. The monoisotopic (exact) mass is 366 g/mol. The van der Waals surface area contributed by atoms with Crippen molar-refractivity contribution in [2.24, 2.45) is 0 Å². The Balaban J connectivity index is 1.80. The van der Waals surface area contributed by atoms with Crippen LogP contribution >= 0.6 is 23.1 Å². The van der Waals surface area contributed by atoms with Gasteiger partial charge in [0.05, 0.1) is 12.9 Å². The smallest absolute Gasteiger partial charge is 0.325 e. The molecule has 0 aliphatic heterocycles. The van der Waals surface area contributed by atoms with Gasteiger partial charge in [0.25, 0.3) is 0 Å². The van der Waals surface area contributed by atoms with Crippen LogP contribution in [0.15, 0.2) is 28.6 Å². The normalized spacial score (nSPS) is 10.2. The summed E-state index contributed by atoms with van der Waals surface area (Å²) in [5.41, 5.74) is 2.21. The summed E-state index contributed by atoms with van der Waals surface area (Å²) in [6, 6.07) is 8.11. The second kappa shape index (κ2) is 9.24. The first-order chi connectivity index (χ1) is 11.6. The maximum Gasteiger partial charge on any atom is 0.325 e. The molecule has 0 aliphatic rings. The Bertz CT molecular complexity index is 688. The van der Waals surface area contributed by atoms with Crippen LogP contribution in [0.5, 0.6) is 0 Å². The van der Waals surface area contributed by atoms with Crippen LogP contribution in [0.3, 0.4) is 0 Å². The summed E-state index contributed by atoms with van der Waals surface area (Å²) in [6.45, 7) is 1.98. The Kier molecular flexibility index (Phi) is 7.01. The maximum absolute atomic E-state index is 11.6. The Hall–Kier alpha value is -2.13. The van der Waals surface area contributed by atoms with Gasteiger partial charge in [-0.1, -0.05) is 42.2 Å². The van der Waals surface area contributed by atoms with Crippen molar-refractivity contribution in [1.82, 2.24) is 15.5 Å². The molecule has 1 aromatic carbocycles. The summed E-state index contributed by atoms with van der Waals surface area (Å²) in [7, 11) is 1.27. The van der Waals surface area contributed by atoms with Crippen LogP contribution in [0.2, 0.25) is 0 Å². The first-order valence-corrected chi connectivity index (χ1v) is 9.06. The highest BCUT2D eigenvalue weighted by Gasteiger charge is 2.09. The van der Waals surface area contributed by atoms with E-state index in [4.69, 9.17) is 0 Å². The number of carbonyl (C=O) groups excluding carboxylic acids is 2. The summed E-state index contributed by atoms with van der Waals surface area (Å²) < 4.78 is 5.13.